The second kappa shape index (κ2) is 9.57. The van der Waals surface area contributed by atoms with Gasteiger partial charge in [-0.05, 0) is 43.9 Å². The van der Waals surface area contributed by atoms with Crippen molar-refractivity contribution >= 4 is 11.6 Å². The fourth-order valence-corrected chi connectivity index (χ4v) is 3.76. The van der Waals surface area contributed by atoms with Crippen molar-refractivity contribution < 1.29 is 4.79 Å². The Morgan fingerprint density at radius 3 is 2.33 bits per heavy atom. The highest BCUT2D eigenvalue weighted by Crippen LogP contribution is 2.19. The zero-order valence-corrected chi connectivity index (χ0v) is 18.3. The molecule has 0 spiro atoms. The summed E-state index contributed by atoms with van der Waals surface area (Å²) in [6, 6.07) is 17.6. The van der Waals surface area contributed by atoms with Crippen LogP contribution in [0.5, 0.6) is 0 Å². The minimum atomic E-state index is -0.335. The van der Waals surface area contributed by atoms with Crippen molar-refractivity contribution in [1.82, 2.24) is 4.57 Å². The van der Waals surface area contributed by atoms with E-state index in [1.54, 1.807) is 6.07 Å². The molecule has 1 aromatic heterocycles. The number of aryl methyl sites for hydroxylation is 3. The SMILES string of the molecule is CCCc1c(C(=O)Nc2ccccc2C)c(=O)cc(CC)n1Cc1ccc(C)cc1. The molecule has 156 valence electrons. The van der Waals surface area contributed by atoms with Gasteiger partial charge >= 0.3 is 0 Å². The normalized spacial score (nSPS) is 10.8. The molecule has 4 heteroatoms. The number of nitrogens with one attached hydrogen (secondary N) is 1. The van der Waals surface area contributed by atoms with Gasteiger partial charge in [0.1, 0.15) is 5.56 Å². The molecular formula is C26H30N2O2. The van der Waals surface area contributed by atoms with Crippen LogP contribution < -0.4 is 10.7 Å². The molecular weight excluding hydrogens is 372 g/mol. The lowest BCUT2D eigenvalue weighted by Gasteiger charge is -2.21. The van der Waals surface area contributed by atoms with Crippen molar-refractivity contribution in [3.05, 3.63) is 98.5 Å². The summed E-state index contributed by atoms with van der Waals surface area (Å²) >= 11 is 0. The molecule has 3 rings (SSSR count). The molecule has 1 amide bonds. The molecule has 0 aliphatic heterocycles. The van der Waals surface area contributed by atoms with Crippen LogP contribution in [-0.4, -0.2) is 10.5 Å². The summed E-state index contributed by atoms with van der Waals surface area (Å²) in [6.07, 6.45) is 2.26. The second-order valence-electron chi connectivity index (χ2n) is 7.77. The Kier molecular flexibility index (Phi) is 6.88. The van der Waals surface area contributed by atoms with E-state index in [0.717, 1.165) is 41.0 Å². The Balaban J connectivity index is 2.10. The third kappa shape index (κ3) is 4.70. The van der Waals surface area contributed by atoms with Gasteiger partial charge in [0, 0.05) is 29.7 Å². The number of aromatic nitrogens is 1. The van der Waals surface area contributed by atoms with Gasteiger partial charge in [0.2, 0.25) is 0 Å². The molecule has 1 N–H and O–H groups in total. The number of benzene rings is 2. The third-order valence-electron chi connectivity index (χ3n) is 5.44. The van der Waals surface area contributed by atoms with Crippen LogP contribution in [0, 0.1) is 13.8 Å². The van der Waals surface area contributed by atoms with E-state index in [4.69, 9.17) is 0 Å². The van der Waals surface area contributed by atoms with Gasteiger partial charge in [0.05, 0.1) is 0 Å². The maximum absolute atomic E-state index is 13.2. The number of nitrogens with zero attached hydrogens (tertiary/aromatic N) is 1. The number of carbonyl (C=O) groups is 1. The smallest absolute Gasteiger partial charge is 0.261 e. The molecule has 0 saturated heterocycles. The molecule has 0 unspecified atom stereocenters. The monoisotopic (exact) mass is 402 g/mol. The average Bonchev–Trinajstić information content (AvgIpc) is 2.73. The van der Waals surface area contributed by atoms with Crippen LogP contribution in [0.3, 0.4) is 0 Å². The van der Waals surface area contributed by atoms with E-state index in [2.05, 4.69) is 48.0 Å². The molecule has 0 aliphatic rings. The average molecular weight is 403 g/mol. The van der Waals surface area contributed by atoms with Crippen molar-refractivity contribution in [3.8, 4) is 0 Å². The summed E-state index contributed by atoms with van der Waals surface area (Å²) in [5, 5.41) is 2.95. The summed E-state index contributed by atoms with van der Waals surface area (Å²) in [6.45, 7) is 8.77. The van der Waals surface area contributed by atoms with Crippen LogP contribution in [0.4, 0.5) is 5.69 Å². The number of pyridine rings is 1. The van der Waals surface area contributed by atoms with Crippen molar-refractivity contribution in [1.29, 1.82) is 0 Å². The fraction of sp³-hybridized carbons (Fsp3) is 0.308. The molecule has 30 heavy (non-hydrogen) atoms. The maximum atomic E-state index is 13.2. The van der Waals surface area contributed by atoms with Crippen molar-refractivity contribution in [3.63, 3.8) is 0 Å². The third-order valence-corrected chi connectivity index (χ3v) is 5.44. The van der Waals surface area contributed by atoms with E-state index >= 15 is 0 Å². The maximum Gasteiger partial charge on any atom is 0.261 e. The Labute approximate surface area is 178 Å². The zero-order chi connectivity index (χ0) is 21.7. The summed E-state index contributed by atoms with van der Waals surface area (Å²) in [5.74, 6) is -0.335. The quantitative estimate of drug-likeness (QED) is 0.584. The van der Waals surface area contributed by atoms with E-state index < -0.39 is 0 Å². The molecule has 0 aliphatic carbocycles. The number of amides is 1. The number of para-hydroxylation sites is 1. The Bertz CT molecular complexity index is 1100. The van der Waals surface area contributed by atoms with Gasteiger partial charge < -0.3 is 9.88 Å². The lowest BCUT2D eigenvalue weighted by molar-refractivity contribution is 0.102. The Morgan fingerprint density at radius 1 is 1.00 bits per heavy atom. The Hall–Kier alpha value is -3.14. The van der Waals surface area contributed by atoms with Gasteiger partial charge in [0.25, 0.3) is 5.91 Å². The first kappa shape index (κ1) is 21.6. The largest absolute Gasteiger partial charge is 0.343 e. The number of hydrogen-bond acceptors (Lipinski definition) is 2. The predicted octanol–water partition coefficient (Wildman–Crippen LogP) is 5.28. The van der Waals surface area contributed by atoms with Crippen molar-refractivity contribution in [2.45, 2.75) is 53.5 Å². The first-order valence-corrected chi connectivity index (χ1v) is 10.6. The van der Waals surface area contributed by atoms with Crippen LogP contribution >= 0.6 is 0 Å². The first-order chi connectivity index (χ1) is 14.4. The number of hydrogen-bond donors (Lipinski definition) is 1. The van der Waals surface area contributed by atoms with Crippen LogP contribution in [-0.2, 0) is 19.4 Å². The molecule has 1 heterocycles. The highest BCUT2D eigenvalue weighted by atomic mass is 16.2. The van der Waals surface area contributed by atoms with Gasteiger partial charge in [0.15, 0.2) is 5.43 Å². The topological polar surface area (TPSA) is 51.1 Å². The molecule has 0 radical (unpaired) electrons. The molecule has 0 fully saturated rings. The van der Waals surface area contributed by atoms with Gasteiger partial charge in [-0.1, -0.05) is 68.3 Å². The predicted molar refractivity (Wildman–Crippen MR) is 123 cm³/mol. The summed E-state index contributed by atoms with van der Waals surface area (Å²) < 4.78 is 2.16. The van der Waals surface area contributed by atoms with Crippen LogP contribution in [0.1, 0.15) is 58.7 Å². The molecule has 3 aromatic rings. The number of carbonyl (C=O) groups excluding carboxylic acids is 1. The van der Waals surface area contributed by atoms with E-state index in [-0.39, 0.29) is 16.9 Å². The molecule has 2 aromatic carbocycles. The summed E-state index contributed by atoms with van der Waals surface area (Å²) in [4.78, 5) is 26.2. The van der Waals surface area contributed by atoms with E-state index in [1.807, 2.05) is 38.1 Å². The number of anilines is 1. The Morgan fingerprint density at radius 2 is 1.70 bits per heavy atom. The molecule has 0 atom stereocenters. The van der Waals surface area contributed by atoms with Crippen molar-refractivity contribution in [2.75, 3.05) is 5.32 Å². The lowest BCUT2D eigenvalue weighted by atomic mass is 10.0. The van der Waals surface area contributed by atoms with E-state index in [9.17, 15) is 9.59 Å². The minimum absolute atomic E-state index is 0.207. The first-order valence-electron chi connectivity index (χ1n) is 10.6. The molecule has 0 saturated carbocycles. The van der Waals surface area contributed by atoms with Gasteiger partial charge in [-0.2, -0.15) is 0 Å². The summed E-state index contributed by atoms with van der Waals surface area (Å²) in [5.41, 5.74) is 5.88. The highest BCUT2D eigenvalue weighted by Gasteiger charge is 2.21. The van der Waals surface area contributed by atoms with Gasteiger partial charge in [-0.15, -0.1) is 0 Å². The zero-order valence-electron chi connectivity index (χ0n) is 18.3. The molecule has 0 bridgehead atoms. The van der Waals surface area contributed by atoms with E-state index in [0.29, 0.717) is 13.0 Å². The molecule has 4 nitrogen and oxygen atoms in total. The minimum Gasteiger partial charge on any atom is -0.343 e. The van der Waals surface area contributed by atoms with Crippen LogP contribution in [0.25, 0.3) is 0 Å². The van der Waals surface area contributed by atoms with E-state index in [1.165, 1.54) is 5.56 Å². The second-order valence-corrected chi connectivity index (χ2v) is 7.77. The number of rotatable bonds is 7. The standard InChI is InChI=1S/C26H30N2O2/c1-5-9-23-25(26(30)27-22-11-8-7-10-19(22)4)24(29)16-21(6-2)28(23)17-20-14-12-18(3)13-15-20/h7-8,10-16H,5-6,9,17H2,1-4H3,(H,27,30). The van der Waals surface area contributed by atoms with Crippen molar-refractivity contribution in [2.24, 2.45) is 0 Å². The van der Waals surface area contributed by atoms with Gasteiger partial charge in [-0.3, -0.25) is 9.59 Å². The highest BCUT2D eigenvalue weighted by molar-refractivity contribution is 6.05. The summed E-state index contributed by atoms with van der Waals surface area (Å²) in [7, 11) is 0. The van der Waals surface area contributed by atoms with Crippen LogP contribution in [0.15, 0.2) is 59.4 Å². The van der Waals surface area contributed by atoms with Gasteiger partial charge in [-0.25, -0.2) is 0 Å². The lowest BCUT2D eigenvalue weighted by Crippen LogP contribution is -2.29. The van der Waals surface area contributed by atoms with Crippen LogP contribution in [0.2, 0.25) is 0 Å². The fourth-order valence-electron chi connectivity index (χ4n) is 3.76.